The smallest absolute Gasteiger partial charge is 0.360 e. The molecule has 118 valence electrons. The molecule has 0 unspecified atom stereocenters. The van der Waals surface area contributed by atoms with Crippen LogP contribution in [-0.4, -0.2) is 38.1 Å². The van der Waals surface area contributed by atoms with Crippen LogP contribution in [0, 0.1) is 0 Å². The molecular formula is C12H10BrF3N4O2. The standard InChI is InChI=1S/C12H10BrF3N4O2/c13-9-6-19-5-7(18-10(19)4-17-9)8-2-1-3-20(8)22-11(21)12(14,15)16/h4-6,8H,1-3H2/t8-/m1/s1. The van der Waals surface area contributed by atoms with Gasteiger partial charge in [-0.15, -0.1) is 5.06 Å². The Bertz CT molecular complexity index is 718. The summed E-state index contributed by atoms with van der Waals surface area (Å²) >= 11 is 3.23. The van der Waals surface area contributed by atoms with Gasteiger partial charge in [-0.05, 0) is 28.8 Å². The minimum Gasteiger partial charge on any atom is -0.360 e. The second-order valence-corrected chi connectivity index (χ2v) is 5.63. The molecule has 0 amide bonds. The van der Waals surface area contributed by atoms with E-state index in [1.165, 1.54) is 6.20 Å². The van der Waals surface area contributed by atoms with E-state index in [0.717, 1.165) is 5.06 Å². The molecule has 0 spiro atoms. The Hall–Kier alpha value is -1.68. The van der Waals surface area contributed by atoms with Crippen molar-refractivity contribution in [2.45, 2.75) is 25.1 Å². The maximum Gasteiger partial charge on any atom is 0.492 e. The van der Waals surface area contributed by atoms with Gasteiger partial charge in [-0.3, -0.25) is 0 Å². The van der Waals surface area contributed by atoms with Gasteiger partial charge in [0.15, 0.2) is 5.65 Å². The topological polar surface area (TPSA) is 59.7 Å². The number of hydrogen-bond donors (Lipinski definition) is 0. The van der Waals surface area contributed by atoms with Crippen LogP contribution in [-0.2, 0) is 9.63 Å². The van der Waals surface area contributed by atoms with E-state index in [1.54, 1.807) is 16.8 Å². The monoisotopic (exact) mass is 378 g/mol. The average molecular weight is 379 g/mol. The quantitative estimate of drug-likeness (QED) is 0.803. The van der Waals surface area contributed by atoms with Crippen molar-refractivity contribution in [3.05, 3.63) is 28.9 Å². The molecule has 0 N–H and O–H groups in total. The third-order valence-electron chi connectivity index (χ3n) is 3.31. The van der Waals surface area contributed by atoms with Crippen LogP contribution in [0.2, 0.25) is 0 Å². The molecule has 1 aliphatic rings. The fourth-order valence-corrected chi connectivity index (χ4v) is 2.68. The Kier molecular flexibility index (Phi) is 3.81. The van der Waals surface area contributed by atoms with Gasteiger partial charge in [0.05, 0.1) is 17.9 Å². The third-order valence-corrected chi connectivity index (χ3v) is 3.71. The fourth-order valence-electron chi connectivity index (χ4n) is 2.36. The fraction of sp³-hybridized carbons (Fsp3) is 0.417. The highest BCUT2D eigenvalue weighted by Gasteiger charge is 2.44. The number of alkyl halides is 3. The van der Waals surface area contributed by atoms with Gasteiger partial charge in [0.1, 0.15) is 4.60 Å². The maximum atomic E-state index is 12.3. The van der Waals surface area contributed by atoms with Crippen molar-refractivity contribution in [3.63, 3.8) is 0 Å². The summed E-state index contributed by atoms with van der Waals surface area (Å²) in [6.07, 6.45) is 1.07. The van der Waals surface area contributed by atoms with Crippen LogP contribution in [0.3, 0.4) is 0 Å². The summed E-state index contributed by atoms with van der Waals surface area (Å²) in [4.78, 5) is 23.8. The summed E-state index contributed by atoms with van der Waals surface area (Å²) in [6, 6.07) is -0.495. The second kappa shape index (κ2) is 5.51. The Morgan fingerprint density at radius 1 is 1.41 bits per heavy atom. The summed E-state index contributed by atoms with van der Waals surface area (Å²) in [5, 5.41) is 1.04. The van der Waals surface area contributed by atoms with Crippen LogP contribution >= 0.6 is 15.9 Å². The highest BCUT2D eigenvalue weighted by Crippen LogP contribution is 2.33. The van der Waals surface area contributed by atoms with Gasteiger partial charge in [0, 0.05) is 18.9 Å². The van der Waals surface area contributed by atoms with Crippen LogP contribution in [0.1, 0.15) is 24.6 Å². The van der Waals surface area contributed by atoms with Gasteiger partial charge in [-0.1, -0.05) is 0 Å². The van der Waals surface area contributed by atoms with E-state index in [0.29, 0.717) is 28.8 Å². The Morgan fingerprint density at radius 3 is 2.91 bits per heavy atom. The molecule has 0 aromatic carbocycles. The van der Waals surface area contributed by atoms with Crippen molar-refractivity contribution in [1.29, 1.82) is 0 Å². The number of aromatic nitrogens is 3. The van der Waals surface area contributed by atoms with Gasteiger partial charge in [-0.2, -0.15) is 13.2 Å². The molecule has 3 heterocycles. The van der Waals surface area contributed by atoms with Crippen molar-refractivity contribution in [2.24, 2.45) is 0 Å². The van der Waals surface area contributed by atoms with Crippen LogP contribution in [0.15, 0.2) is 23.2 Å². The lowest BCUT2D eigenvalue weighted by atomic mass is 10.2. The van der Waals surface area contributed by atoms with E-state index < -0.39 is 18.2 Å². The molecule has 0 radical (unpaired) electrons. The predicted molar refractivity (Wildman–Crippen MR) is 71.5 cm³/mol. The van der Waals surface area contributed by atoms with Crippen LogP contribution in [0.25, 0.3) is 5.65 Å². The number of hydroxylamine groups is 2. The molecule has 2 aromatic rings. The first-order valence-corrected chi connectivity index (χ1v) is 7.20. The Balaban J connectivity index is 1.84. The number of hydrogen-bond acceptors (Lipinski definition) is 5. The highest BCUT2D eigenvalue weighted by atomic mass is 79.9. The normalized spacial score (nSPS) is 19.7. The average Bonchev–Trinajstić information content (AvgIpc) is 3.02. The molecule has 2 aromatic heterocycles. The first kappa shape index (κ1) is 15.2. The van der Waals surface area contributed by atoms with Crippen molar-refractivity contribution >= 4 is 27.5 Å². The highest BCUT2D eigenvalue weighted by molar-refractivity contribution is 9.10. The van der Waals surface area contributed by atoms with Crippen LogP contribution in [0.5, 0.6) is 0 Å². The maximum absolute atomic E-state index is 12.3. The number of nitrogens with zero attached hydrogens (tertiary/aromatic N) is 4. The number of carbonyl (C=O) groups excluding carboxylic acids is 1. The van der Waals surface area contributed by atoms with E-state index in [4.69, 9.17) is 0 Å². The number of rotatable bonds is 2. The van der Waals surface area contributed by atoms with Gasteiger partial charge in [-0.25, -0.2) is 14.8 Å². The number of fused-ring (bicyclic) bond motifs is 1. The molecule has 0 aliphatic carbocycles. The summed E-state index contributed by atoms with van der Waals surface area (Å²) in [7, 11) is 0. The lowest BCUT2D eigenvalue weighted by Gasteiger charge is -2.21. The van der Waals surface area contributed by atoms with Crippen LogP contribution < -0.4 is 0 Å². The second-order valence-electron chi connectivity index (χ2n) is 4.82. The van der Waals surface area contributed by atoms with E-state index in [-0.39, 0.29) is 6.54 Å². The molecule has 10 heteroatoms. The first-order chi connectivity index (χ1) is 10.3. The predicted octanol–water partition coefficient (Wildman–Crippen LogP) is 2.65. The number of halogens is 4. The molecule has 1 saturated heterocycles. The van der Waals surface area contributed by atoms with Crippen molar-refractivity contribution in [1.82, 2.24) is 19.4 Å². The van der Waals surface area contributed by atoms with Gasteiger partial charge in [0.25, 0.3) is 0 Å². The van der Waals surface area contributed by atoms with Crippen molar-refractivity contribution in [2.75, 3.05) is 6.54 Å². The number of carbonyl (C=O) groups is 1. The molecule has 3 rings (SSSR count). The zero-order valence-electron chi connectivity index (χ0n) is 11.0. The minimum absolute atomic E-state index is 0.238. The SMILES string of the molecule is O=C(ON1CCC[C@@H]1c1cn2cc(Br)ncc2n1)C(F)(F)F. The summed E-state index contributed by atoms with van der Waals surface area (Å²) in [5.74, 6) is -2.22. The van der Waals surface area contributed by atoms with Crippen molar-refractivity contribution < 1.29 is 22.8 Å². The summed E-state index contributed by atoms with van der Waals surface area (Å²) in [6.45, 7) is 0.238. The minimum atomic E-state index is -5.01. The molecule has 1 atom stereocenters. The lowest BCUT2D eigenvalue weighted by molar-refractivity contribution is -0.242. The largest absolute Gasteiger partial charge is 0.492 e. The van der Waals surface area contributed by atoms with E-state index in [2.05, 4.69) is 30.7 Å². The third kappa shape index (κ3) is 2.93. The molecule has 22 heavy (non-hydrogen) atoms. The molecular weight excluding hydrogens is 369 g/mol. The molecule has 1 fully saturated rings. The molecule has 0 saturated carbocycles. The number of imidazole rings is 1. The van der Waals surface area contributed by atoms with Gasteiger partial charge >= 0.3 is 12.1 Å². The Morgan fingerprint density at radius 2 is 2.18 bits per heavy atom. The zero-order valence-corrected chi connectivity index (χ0v) is 12.6. The Labute approximate surface area is 131 Å². The molecule has 6 nitrogen and oxygen atoms in total. The molecule has 0 bridgehead atoms. The molecule has 1 aliphatic heterocycles. The van der Waals surface area contributed by atoms with E-state index >= 15 is 0 Å². The van der Waals surface area contributed by atoms with Gasteiger partial charge in [0.2, 0.25) is 0 Å². The van der Waals surface area contributed by atoms with Crippen molar-refractivity contribution in [3.8, 4) is 0 Å². The first-order valence-electron chi connectivity index (χ1n) is 6.40. The summed E-state index contributed by atoms with van der Waals surface area (Å²) in [5.41, 5.74) is 1.10. The van der Waals surface area contributed by atoms with Crippen LogP contribution in [0.4, 0.5) is 13.2 Å². The summed E-state index contributed by atoms with van der Waals surface area (Å²) < 4.78 is 39.2. The zero-order chi connectivity index (χ0) is 15.9. The van der Waals surface area contributed by atoms with Gasteiger partial charge < -0.3 is 9.24 Å². The van der Waals surface area contributed by atoms with E-state index in [9.17, 15) is 18.0 Å². The van der Waals surface area contributed by atoms with E-state index in [1.807, 2.05) is 0 Å². The lowest BCUT2D eigenvalue weighted by Crippen LogP contribution is -2.34.